The van der Waals surface area contributed by atoms with Gasteiger partial charge in [0.2, 0.25) is 0 Å². The molecule has 3 bridgehead atoms. The Morgan fingerprint density at radius 3 is 2.67 bits per heavy atom. The molecule has 4 aliphatic heterocycles. The van der Waals surface area contributed by atoms with Gasteiger partial charge in [0.15, 0.2) is 17.7 Å². The summed E-state index contributed by atoms with van der Waals surface area (Å²) in [5.74, 6) is -1.83. The molecule has 0 aromatic heterocycles. The molecule has 4 rings (SSSR count). The van der Waals surface area contributed by atoms with Gasteiger partial charge < -0.3 is 9.84 Å². The molecule has 4 atom stereocenters. The quantitative estimate of drug-likeness (QED) is 0.368. The first-order chi connectivity index (χ1) is 11.0. The van der Waals surface area contributed by atoms with Gasteiger partial charge in [0.1, 0.15) is 0 Å². The van der Waals surface area contributed by atoms with Crippen LogP contribution in [-0.2, 0) is 33.8 Å². The number of hydroxylamine groups is 3. The van der Waals surface area contributed by atoms with Gasteiger partial charge in [-0.15, -0.1) is 4.28 Å². The number of carbonyl (C=O) groups excluding carboxylic acids is 1. The van der Waals surface area contributed by atoms with Crippen molar-refractivity contribution in [2.75, 3.05) is 6.54 Å². The zero-order chi connectivity index (χ0) is 17.9. The van der Waals surface area contributed by atoms with E-state index in [0.29, 0.717) is 6.42 Å². The lowest BCUT2D eigenvalue weighted by Crippen LogP contribution is -2.63. The predicted molar refractivity (Wildman–Crippen MR) is 72.7 cm³/mol. The van der Waals surface area contributed by atoms with Crippen molar-refractivity contribution >= 4 is 22.3 Å². The second kappa shape index (κ2) is 5.32. The van der Waals surface area contributed by atoms with Gasteiger partial charge in [-0.3, -0.25) is 14.2 Å². The van der Waals surface area contributed by atoms with Gasteiger partial charge in [0.25, 0.3) is 5.91 Å². The van der Waals surface area contributed by atoms with Crippen molar-refractivity contribution in [1.29, 1.82) is 0 Å². The molecule has 136 valence electrons. The van der Waals surface area contributed by atoms with Crippen LogP contribution in [0.5, 0.6) is 0 Å². The number of nitrogens with one attached hydrogen (secondary N) is 1. The molecule has 0 aromatic carbocycles. The molecule has 24 heavy (non-hydrogen) atoms. The molecule has 3 unspecified atom stereocenters. The third-order valence-corrected chi connectivity index (χ3v) is 4.60. The van der Waals surface area contributed by atoms with Crippen molar-refractivity contribution in [2.45, 2.75) is 50.4 Å². The summed E-state index contributed by atoms with van der Waals surface area (Å²) < 4.78 is 40.6. The fourth-order valence-corrected chi connectivity index (χ4v) is 3.35. The van der Waals surface area contributed by atoms with Crippen LogP contribution in [-0.4, -0.2) is 70.2 Å². The molecule has 0 aromatic rings. The third kappa shape index (κ3) is 2.77. The summed E-state index contributed by atoms with van der Waals surface area (Å²) in [6.07, 6.45) is -0.335. The molecule has 4 saturated heterocycles. The number of piperidine rings is 1. The van der Waals surface area contributed by atoms with E-state index in [2.05, 4.69) is 9.76 Å². The summed E-state index contributed by atoms with van der Waals surface area (Å²) in [6, 6.07) is -0.717. The van der Waals surface area contributed by atoms with E-state index < -0.39 is 46.0 Å². The molecule has 4 aliphatic rings. The molecule has 1 spiro atoms. The van der Waals surface area contributed by atoms with Gasteiger partial charge in [-0.1, -0.05) is 5.06 Å². The van der Waals surface area contributed by atoms with E-state index in [4.69, 9.17) is 19.2 Å². The van der Waals surface area contributed by atoms with Crippen LogP contribution >= 0.6 is 0 Å². The average Bonchev–Trinajstić information content (AvgIpc) is 2.87. The van der Waals surface area contributed by atoms with Crippen LogP contribution in [0.25, 0.3) is 0 Å². The molecule has 13 heteroatoms. The van der Waals surface area contributed by atoms with Crippen LogP contribution in [0.1, 0.15) is 26.7 Å². The number of nitrogens with zero attached hydrogens (tertiary/aromatic N) is 2. The van der Waals surface area contributed by atoms with Crippen LogP contribution in [0.4, 0.5) is 0 Å². The number of rotatable bonds is 6. The molecule has 4 fully saturated rings. The highest BCUT2D eigenvalue weighted by atomic mass is 32.3. The molecule has 0 aliphatic carbocycles. The number of carboxylic acids is 1. The molecule has 12 nitrogen and oxygen atoms in total. The van der Waals surface area contributed by atoms with Gasteiger partial charge in [-0.05, 0) is 26.7 Å². The van der Waals surface area contributed by atoms with Crippen molar-refractivity contribution in [2.24, 2.45) is 0 Å². The van der Waals surface area contributed by atoms with Crippen molar-refractivity contribution in [3.8, 4) is 0 Å². The fourth-order valence-electron chi connectivity index (χ4n) is 2.94. The van der Waals surface area contributed by atoms with Gasteiger partial charge in [-0.25, -0.2) is 15.2 Å². The summed E-state index contributed by atoms with van der Waals surface area (Å²) >= 11 is 0. The Bertz CT molecular complexity index is 680. The Labute approximate surface area is 137 Å². The van der Waals surface area contributed by atoms with Crippen LogP contribution in [0, 0.1) is 0 Å². The highest BCUT2D eigenvalue weighted by Crippen LogP contribution is 2.52. The minimum absolute atomic E-state index is 0.202. The molecule has 0 saturated carbocycles. The number of ether oxygens (including phenoxy) is 1. The second-order valence-electron chi connectivity index (χ2n) is 6.33. The van der Waals surface area contributed by atoms with E-state index in [9.17, 15) is 18.0 Å². The zero-order valence-electron chi connectivity index (χ0n) is 12.8. The van der Waals surface area contributed by atoms with E-state index >= 15 is 0 Å². The molecular weight excluding hydrogens is 350 g/mol. The minimum atomic E-state index is -4.70. The number of carbonyl (C=O) groups is 2. The van der Waals surface area contributed by atoms with Crippen LogP contribution in [0.3, 0.4) is 0 Å². The summed E-state index contributed by atoms with van der Waals surface area (Å²) in [7, 11) is -4.70. The van der Waals surface area contributed by atoms with Gasteiger partial charge >= 0.3 is 16.4 Å². The monoisotopic (exact) mass is 367 g/mol. The normalized spacial score (nSPS) is 35.4. The standard InChI is InChI=1S/C11H17N3O9S/c1-10(2,8(16)17)22-12-7(15)6-3-4-11-5-13(6)9(21-11)14(11)23-24(18,19)20/h6,9H,3-5H2,1-2H3,(H,12,15)(H,16,17)(H,18,19,20)/t6-,9?,11?/m0/s1. The highest BCUT2D eigenvalue weighted by molar-refractivity contribution is 7.80. The summed E-state index contributed by atoms with van der Waals surface area (Å²) in [5.41, 5.74) is -0.505. The largest absolute Gasteiger partial charge is 0.479 e. The van der Waals surface area contributed by atoms with Gasteiger partial charge in [-0.2, -0.15) is 8.42 Å². The smallest absolute Gasteiger partial charge is 0.414 e. The molecule has 1 amide bonds. The molecule has 3 N–H and O–H groups in total. The van der Waals surface area contributed by atoms with Crippen molar-refractivity contribution in [3.63, 3.8) is 0 Å². The molecule has 0 radical (unpaired) electrons. The van der Waals surface area contributed by atoms with Crippen LogP contribution in [0.15, 0.2) is 0 Å². The number of hydrogen-bond donors (Lipinski definition) is 3. The Morgan fingerprint density at radius 1 is 1.42 bits per heavy atom. The number of carboxylic acid groups (broad SMARTS) is 1. The Morgan fingerprint density at radius 2 is 2.08 bits per heavy atom. The van der Waals surface area contributed by atoms with Crippen LogP contribution < -0.4 is 5.48 Å². The van der Waals surface area contributed by atoms with E-state index in [0.717, 1.165) is 5.06 Å². The molecule has 4 heterocycles. The minimum Gasteiger partial charge on any atom is -0.479 e. The first kappa shape index (κ1) is 17.5. The third-order valence-electron chi connectivity index (χ3n) is 4.25. The first-order valence-corrected chi connectivity index (χ1v) is 8.43. The Kier molecular flexibility index (Phi) is 3.87. The summed E-state index contributed by atoms with van der Waals surface area (Å²) in [4.78, 5) is 29.7. The Balaban J connectivity index is 1.64. The van der Waals surface area contributed by atoms with E-state index in [1.54, 1.807) is 4.90 Å². The summed E-state index contributed by atoms with van der Waals surface area (Å²) in [5, 5.41) is 9.95. The zero-order valence-corrected chi connectivity index (χ0v) is 13.6. The number of hydrogen-bond acceptors (Lipinski definition) is 9. The fraction of sp³-hybridized carbons (Fsp3) is 0.818. The topological polar surface area (TPSA) is 155 Å². The second-order valence-corrected chi connectivity index (χ2v) is 7.33. The molecular formula is C11H17N3O9S. The van der Waals surface area contributed by atoms with Crippen molar-refractivity contribution < 1.29 is 41.5 Å². The van der Waals surface area contributed by atoms with E-state index in [1.165, 1.54) is 13.8 Å². The lowest BCUT2D eigenvalue weighted by atomic mass is 9.98. The maximum atomic E-state index is 12.3. The lowest BCUT2D eigenvalue weighted by molar-refractivity contribution is -0.415. The SMILES string of the molecule is CC(C)(ONC(=O)[C@@H]1CCC23CN1C(O2)N3OS(=O)(=O)O)C(=O)O. The average molecular weight is 367 g/mol. The van der Waals surface area contributed by atoms with E-state index in [-0.39, 0.29) is 13.0 Å². The van der Waals surface area contributed by atoms with E-state index in [1.807, 2.05) is 0 Å². The first-order valence-electron chi connectivity index (χ1n) is 7.06. The number of amides is 1. The summed E-state index contributed by atoms with van der Waals surface area (Å²) in [6.45, 7) is 2.76. The maximum absolute atomic E-state index is 12.3. The Hall–Kier alpha value is -1.35. The highest BCUT2D eigenvalue weighted by Gasteiger charge is 2.70. The van der Waals surface area contributed by atoms with Crippen molar-refractivity contribution in [3.05, 3.63) is 0 Å². The predicted octanol–water partition coefficient (Wildman–Crippen LogP) is -1.58. The lowest BCUT2D eigenvalue weighted by Gasteiger charge is -2.45. The van der Waals surface area contributed by atoms with Crippen LogP contribution in [0.2, 0.25) is 0 Å². The van der Waals surface area contributed by atoms with Crippen molar-refractivity contribution in [1.82, 2.24) is 15.4 Å². The number of aliphatic carboxylic acids is 1. The maximum Gasteiger partial charge on any atom is 0.414 e. The van der Waals surface area contributed by atoms with Gasteiger partial charge in [0, 0.05) is 6.54 Å². The van der Waals surface area contributed by atoms with Gasteiger partial charge in [0.05, 0.1) is 6.04 Å².